The molecule has 24 heavy (non-hydrogen) atoms. The first-order valence-electron chi connectivity index (χ1n) is 8.88. The highest BCUT2D eigenvalue weighted by molar-refractivity contribution is 5.96. The summed E-state index contributed by atoms with van der Waals surface area (Å²) in [4.78, 5) is 26.9. The Labute approximate surface area is 143 Å². The smallest absolute Gasteiger partial charge is 0.223 e. The molecule has 0 saturated carbocycles. The van der Waals surface area contributed by atoms with Crippen LogP contribution in [0.3, 0.4) is 0 Å². The lowest BCUT2D eigenvalue weighted by Gasteiger charge is -2.28. The van der Waals surface area contributed by atoms with Gasteiger partial charge < -0.3 is 15.0 Å². The number of hydrogen-bond acceptors (Lipinski definition) is 4. The summed E-state index contributed by atoms with van der Waals surface area (Å²) in [5.74, 6) is 1.05. The molecule has 1 aromatic carbocycles. The summed E-state index contributed by atoms with van der Waals surface area (Å²) in [6, 6.07) is 7.89. The summed E-state index contributed by atoms with van der Waals surface area (Å²) in [7, 11) is 1.61. The molecule has 0 spiro atoms. The van der Waals surface area contributed by atoms with E-state index in [2.05, 4.69) is 10.2 Å². The first-order valence-corrected chi connectivity index (χ1v) is 8.88. The van der Waals surface area contributed by atoms with E-state index in [1.807, 2.05) is 0 Å². The van der Waals surface area contributed by atoms with Gasteiger partial charge in [-0.05, 0) is 56.5 Å². The van der Waals surface area contributed by atoms with E-state index in [9.17, 15) is 9.59 Å². The van der Waals surface area contributed by atoms with Gasteiger partial charge in [0.1, 0.15) is 5.75 Å². The van der Waals surface area contributed by atoms with E-state index in [1.54, 1.807) is 31.4 Å². The normalized spacial score (nSPS) is 23.0. The SMILES string of the molecule is COc1ccc(C(=O)CCCC(=O)N2C3CCNCC2CC3)cc1. The van der Waals surface area contributed by atoms with Gasteiger partial charge in [0.05, 0.1) is 7.11 Å². The fourth-order valence-electron chi connectivity index (χ4n) is 3.84. The van der Waals surface area contributed by atoms with Crippen LogP contribution in [0.2, 0.25) is 0 Å². The predicted molar refractivity (Wildman–Crippen MR) is 92.3 cm³/mol. The van der Waals surface area contributed by atoms with Crippen molar-refractivity contribution in [1.29, 1.82) is 0 Å². The zero-order valence-electron chi connectivity index (χ0n) is 14.3. The molecule has 130 valence electrons. The maximum Gasteiger partial charge on any atom is 0.223 e. The van der Waals surface area contributed by atoms with Gasteiger partial charge in [-0.2, -0.15) is 0 Å². The van der Waals surface area contributed by atoms with Crippen molar-refractivity contribution in [2.45, 2.75) is 50.6 Å². The molecule has 2 aliphatic rings. The first kappa shape index (κ1) is 17.0. The molecule has 2 saturated heterocycles. The lowest BCUT2D eigenvalue weighted by molar-refractivity contribution is -0.133. The van der Waals surface area contributed by atoms with E-state index in [0.29, 0.717) is 36.9 Å². The number of methoxy groups -OCH3 is 1. The maximum absolute atomic E-state index is 12.6. The second kappa shape index (κ2) is 7.79. The molecular formula is C19H26N2O3. The summed E-state index contributed by atoms with van der Waals surface area (Å²) < 4.78 is 5.10. The lowest BCUT2D eigenvalue weighted by atomic mass is 10.0. The minimum absolute atomic E-state index is 0.0889. The molecule has 2 bridgehead atoms. The van der Waals surface area contributed by atoms with Gasteiger partial charge >= 0.3 is 0 Å². The van der Waals surface area contributed by atoms with Gasteiger partial charge in [-0.1, -0.05) is 0 Å². The molecule has 0 aromatic heterocycles. The molecule has 0 aliphatic carbocycles. The van der Waals surface area contributed by atoms with Gasteiger partial charge in [0.2, 0.25) is 5.91 Å². The zero-order valence-corrected chi connectivity index (χ0v) is 14.3. The number of amides is 1. The minimum atomic E-state index is 0.0889. The van der Waals surface area contributed by atoms with Gasteiger partial charge in [0, 0.05) is 37.0 Å². The molecule has 0 radical (unpaired) electrons. The van der Waals surface area contributed by atoms with Gasteiger partial charge in [0.25, 0.3) is 0 Å². The van der Waals surface area contributed by atoms with Crippen LogP contribution in [0.1, 0.15) is 48.9 Å². The molecule has 1 amide bonds. The minimum Gasteiger partial charge on any atom is -0.497 e. The van der Waals surface area contributed by atoms with E-state index < -0.39 is 0 Å². The second-order valence-electron chi connectivity index (χ2n) is 6.68. The molecule has 2 fully saturated rings. The number of rotatable bonds is 6. The Hall–Kier alpha value is -1.88. The number of carbonyl (C=O) groups excluding carboxylic acids is 2. The van der Waals surface area contributed by atoms with E-state index in [4.69, 9.17) is 4.74 Å². The lowest BCUT2D eigenvalue weighted by Crippen LogP contribution is -2.42. The Bertz CT molecular complexity index is 571. The van der Waals surface area contributed by atoms with Gasteiger partial charge in [-0.3, -0.25) is 9.59 Å². The summed E-state index contributed by atoms with van der Waals surface area (Å²) in [5, 5.41) is 3.41. The molecule has 2 heterocycles. The van der Waals surface area contributed by atoms with Crippen molar-refractivity contribution in [3.63, 3.8) is 0 Å². The number of hydrogen-bond donors (Lipinski definition) is 1. The summed E-state index contributed by atoms with van der Waals surface area (Å²) in [6.45, 7) is 1.91. The number of Topliss-reactive ketones (excluding diaryl/α,β-unsaturated/α-hetero) is 1. The van der Waals surface area contributed by atoms with Crippen LogP contribution in [0.5, 0.6) is 5.75 Å². The molecule has 1 aromatic rings. The highest BCUT2D eigenvalue weighted by atomic mass is 16.5. The number of carbonyl (C=O) groups is 2. The Morgan fingerprint density at radius 1 is 1.12 bits per heavy atom. The van der Waals surface area contributed by atoms with Crippen molar-refractivity contribution < 1.29 is 14.3 Å². The van der Waals surface area contributed by atoms with Crippen molar-refractivity contribution in [1.82, 2.24) is 10.2 Å². The Morgan fingerprint density at radius 2 is 1.88 bits per heavy atom. The van der Waals surface area contributed by atoms with E-state index in [-0.39, 0.29) is 11.7 Å². The number of nitrogens with one attached hydrogen (secondary N) is 1. The maximum atomic E-state index is 12.6. The van der Waals surface area contributed by atoms with Crippen LogP contribution in [-0.2, 0) is 4.79 Å². The van der Waals surface area contributed by atoms with E-state index >= 15 is 0 Å². The average Bonchev–Trinajstić information content (AvgIpc) is 2.87. The molecule has 5 heteroatoms. The van der Waals surface area contributed by atoms with Crippen LogP contribution >= 0.6 is 0 Å². The first-order chi connectivity index (χ1) is 11.7. The van der Waals surface area contributed by atoms with Crippen molar-refractivity contribution in [3.8, 4) is 5.75 Å². The Kier molecular flexibility index (Phi) is 5.51. The third-order valence-electron chi connectivity index (χ3n) is 5.15. The predicted octanol–water partition coefficient (Wildman–Crippen LogP) is 2.40. The van der Waals surface area contributed by atoms with E-state index in [1.165, 1.54) is 0 Å². The number of ketones is 1. The van der Waals surface area contributed by atoms with Crippen LogP contribution in [0.15, 0.2) is 24.3 Å². The van der Waals surface area contributed by atoms with Gasteiger partial charge in [0.15, 0.2) is 5.78 Å². The van der Waals surface area contributed by atoms with Crippen LogP contribution < -0.4 is 10.1 Å². The third-order valence-corrected chi connectivity index (χ3v) is 5.15. The van der Waals surface area contributed by atoms with E-state index in [0.717, 1.165) is 38.1 Å². The van der Waals surface area contributed by atoms with Crippen molar-refractivity contribution in [3.05, 3.63) is 29.8 Å². The molecule has 2 unspecified atom stereocenters. The number of benzene rings is 1. The van der Waals surface area contributed by atoms with Crippen LogP contribution in [-0.4, -0.2) is 48.9 Å². The molecule has 5 nitrogen and oxygen atoms in total. The van der Waals surface area contributed by atoms with Crippen molar-refractivity contribution in [2.24, 2.45) is 0 Å². The van der Waals surface area contributed by atoms with Crippen LogP contribution in [0.4, 0.5) is 0 Å². The summed E-state index contributed by atoms with van der Waals surface area (Å²) in [6.07, 6.45) is 4.78. The Balaban J connectivity index is 1.48. The molecule has 3 rings (SSSR count). The number of ether oxygens (including phenoxy) is 1. The van der Waals surface area contributed by atoms with Crippen LogP contribution in [0.25, 0.3) is 0 Å². The second-order valence-corrected chi connectivity index (χ2v) is 6.68. The van der Waals surface area contributed by atoms with Crippen molar-refractivity contribution in [2.75, 3.05) is 20.2 Å². The number of nitrogens with zero attached hydrogens (tertiary/aromatic N) is 1. The monoisotopic (exact) mass is 330 g/mol. The highest BCUT2D eigenvalue weighted by Gasteiger charge is 2.37. The largest absolute Gasteiger partial charge is 0.497 e. The summed E-state index contributed by atoms with van der Waals surface area (Å²) >= 11 is 0. The molecule has 2 aliphatic heterocycles. The highest BCUT2D eigenvalue weighted by Crippen LogP contribution is 2.29. The Morgan fingerprint density at radius 3 is 2.62 bits per heavy atom. The molecule has 2 atom stereocenters. The molecule has 1 N–H and O–H groups in total. The fraction of sp³-hybridized carbons (Fsp3) is 0.579. The standard InChI is InChI=1S/C19H26N2O3/c1-24-17-9-5-14(6-10-17)18(22)3-2-4-19(23)21-15-7-8-16(21)13-20-12-11-15/h5-6,9-10,15-16,20H,2-4,7-8,11-13H2,1H3. The molecular weight excluding hydrogens is 304 g/mol. The van der Waals surface area contributed by atoms with Crippen molar-refractivity contribution >= 4 is 11.7 Å². The number of fused-ring (bicyclic) bond motifs is 2. The van der Waals surface area contributed by atoms with Gasteiger partial charge in [-0.25, -0.2) is 0 Å². The topological polar surface area (TPSA) is 58.6 Å². The van der Waals surface area contributed by atoms with Gasteiger partial charge in [-0.15, -0.1) is 0 Å². The summed E-state index contributed by atoms with van der Waals surface area (Å²) in [5.41, 5.74) is 0.683. The fourth-order valence-corrected chi connectivity index (χ4v) is 3.84. The van der Waals surface area contributed by atoms with Crippen LogP contribution in [0, 0.1) is 0 Å². The quantitative estimate of drug-likeness (QED) is 0.814. The zero-order chi connectivity index (χ0) is 16.9. The third kappa shape index (κ3) is 3.78. The average molecular weight is 330 g/mol.